The predicted octanol–water partition coefficient (Wildman–Crippen LogP) is 3.08. The molecule has 1 unspecified atom stereocenters. The molecule has 1 N–H and O–H groups in total. The van der Waals surface area contributed by atoms with Crippen LogP contribution in [0.5, 0.6) is 0 Å². The number of hydrogen-bond donors (Lipinski definition) is 1. The van der Waals surface area contributed by atoms with Gasteiger partial charge in [0.2, 0.25) is 0 Å². The molecular weight excluding hydrogens is 210 g/mol. The zero-order valence-electron chi connectivity index (χ0n) is 10.9. The first-order valence-corrected chi connectivity index (χ1v) is 6.72. The standard InChI is InChI=1S/C15H23NO/c1-3-4-5-13-6-8-14(9-7-13)12(2)16-15-10-17-11-15/h6-9,12,15-16H,3-5,10-11H2,1-2H3. The van der Waals surface area contributed by atoms with Crippen molar-refractivity contribution < 1.29 is 4.74 Å². The van der Waals surface area contributed by atoms with E-state index in [0.717, 1.165) is 13.2 Å². The zero-order valence-corrected chi connectivity index (χ0v) is 10.9. The van der Waals surface area contributed by atoms with Gasteiger partial charge in [-0.2, -0.15) is 0 Å². The van der Waals surface area contributed by atoms with E-state index in [0.29, 0.717) is 12.1 Å². The summed E-state index contributed by atoms with van der Waals surface area (Å²) in [6, 6.07) is 10.00. The molecule has 1 atom stereocenters. The lowest BCUT2D eigenvalue weighted by molar-refractivity contribution is -0.00925. The molecule has 1 aromatic rings. The van der Waals surface area contributed by atoms with Crippen LogP contribution in [-0.2, 0) is 11.2 Å². The van der Waals surface area contributed by atoms with Crippen molar-refractivity contribution in [1.82, 2.24) is 5.32 Å². The summed E-state index contributed by atoms with van der Waals surface area (Å²) in [7, 11) is 0. The molecular formula is C15H23NO. The van der Waals surface area contributed by atoms with Crippen LogP contribution >= 0.6 is 0 Å². The molecule has 0 bridgehead atoms. The highest BCUT2D eigenvalue weighted by Crippen LogP contribution is 2.16. The van der Waals surface area contributed by atoms with Crippen LogP contribution < -0.4 is 5.32 Å². The molecule has 0 amide bonds. The lowest BCUT2D eigenvalue weighted by Crippen LogP contribution is -2.46. The van der Waals surface area contributed by atoms with Gasteiger partial charge in [-0.05, 0) is 30.9 Å². The molecule has 1 saturated heterocycles. The molecule has 17 heavy (non-hydrogen) atoms. The number of unbranched alkanes of at least 4 members (excludes halogenated alkanes) is 1. The fraction of sp³-hybridized carbons (Fsp3) is 0.600. The fourth-order valence-electron chi connectivity index (χ4n) is 2.14. The molecule has 0 spiro atoms. The van der Waals surface area contributed by atoms with E-state index < -0.39 is 0 Å². The molecule has 94 valence electrons. The highest BCUT2D eigenvalue weighted by molar-refractivity contribution is 5.25. The second-order valence-electron chi connectivity index (χ2n) is 4.97. The molecule has 1 aromatic carbocycles. The smallest absolute Gasteiger partial charge is 0.0643 e. The Kier molecular flexibility index (Phi) is 4.57. The van der Waals surface area contributed by atoms with Crippen molar-refractivity contribution in [2.24, 2.45) is 0 Å². The van der Waals surface area contributed by atoms with Gasteiger partial charge in [-0.25, -0.2) is 0 Å². The summed E-state index contributed by atoms with van der Waals surface area (Å²) in [4.78, 5) is 0. The maximum Gasteiger partial charge on any atom is 0.0643 e. The molecule has 1 aliphatic heterocycles. The summed E-state index contributed by atoms with van der Waals surface area (Å²) in [5.74, 6) is 0. The number of benzene rings is 1. The van der Waals surface area contributed by atoms with Gasteiger partial charge < -0.3 is 10.1 Å². The highest BCUT2D eigenvalue weighted by Gasteiger charge is 2.20. The molecule has 1 heterocycles. The first-order chi connectivity index (χ1) is 8.29. The number of nitrogens with one attached hydrogen (secondary N) is 1. The summed E-state index contributed by atoms with van der Waals surface area (Å²) >= 11 is 0. The van der Waals surface area contributed by atoms with Gasteiger partial charge in [0, 0.05) is 6.04 Å². The van der Waals surface area contributed by atoms with Gasteiger partial charge >= 0.3 is 0 Å². The van der Waals surface area contributed by atoms with Crippen molar-refractivity contribution in [2.75, 3.05) is 13.2 Å². The molecule has 1 aliphatic rings. The van der Waals surface area contributed by atoms with Crippen LogP contribution in [0, 0.1) is 0 Å². The molecule has 1 fully saturated rings. The Hall–Kier alpha value is -0.860. The van der Waals surface area contributed by atoms with E-state index >= 15 is 0 Å². The van der Waals surface area contributed by atoms with Crippen molar-refractivity contribution in [3.63, 3.8) is 0 Å². The second kappa shape index (κ2) is 6.18. The lowest BCUT2D eigenvalue weighted by Gasteiger charge is -2.30. The SMILES string of the molecule is CCCCc1ccc(C(C)NC2COC2)cc1. The molecule has 0 aromatic heterocycles. The van der Waals surface area contributed by atoms with Crippen molar-refractivity contribution >= 4 is 0 Å². The van der Waals surface area contributed by atoms with Gasteiger partial charge in [0.15, 0.2) is 0 Å². The minimum atomic E-state index is 0.420. The van der Waals surface area contributed by atoms with Crippen LogP contribution in [0.15, 0.2) is 24.3 Å². The van der Waals surface area contributed by atoms with Crippen molar-refractivity contribution in [3.05, 3.63) is 35.4 Å². The van der Waals surface area contributed by atoms with Crippen LogP contribution in [0.3, 0.4) is 0 Å². The van der Waals surface area contributed by atoms with Crippen molar-refractivity contribution in [2.45, 2.75) is 45.2 Å². The Morgan fingerprint density at radius 1 is 1.29 bits per heavy atom. The average Bonchev–Trinajstić information content (AvgIpc) is 2.31. The number of hydrogen-bond acceptors (Lipinski definition) is 2. The van der Waals surface area contributed by atoms with E-state index in [9.17, 15) is 0 Å². The van der Waals surface area contributed by atoms with Crippen molar-refractivity contribution in [1.29, 1.82) is 0 Å². The third-order valence-corrected chi connectivity index (χ3v) is 3.42. The number of aryl methyl sites for hydroxylation is 1. The molecule has 0 saturated carbocycles. The first kappa shape index (κ1) is 12.6. The van der Waals surface area contributed by atoms with E-state index in [-0.39, 0.29) is 0 Å². The largest absolute Gasteiger partial charge is 0.378 e. The summed E-state index contributed by atoms with van der Waals surface area (Å²) < 4.78 is 5.17. The van der Waals surface area contributed by atoms with Crippen molar-refractivity contribution in [3.8, 4) is 0 Å². The third-order valence-electron chi connectivity index (χ3n) is 3.42. The van der Waals surface area contributed by atoms with Crippen LogP contribution in [0.2, 0.25) is 0 Å². The summed E-state index contributed by atoms with van der Waals surface area (Å²) in [6.07, 6.45) is 3.75. The van der Waals surface area contributed by atoms with Gasteiger partial charge in [0.25, 0.3) is 0 Å². The Bertz CT molecular complexity index is 329. The first-order valence-electron chi connectivity index (χ1n) is 6.72. The molecule has 2 rings (SSSR count). The van der Waals surface area contributed by atoms with E-state index in [2.05, 4.69) is 43.4 Å². The maximum absolute atomic E-state index is 5.17. The minimum Gasteiger partial charge on any atom is -0.378 e. The molecule has 2 nitrogen and oxygen atoms in total. The summed E-state index contributed by atoms with van der Waals surface area (Å²) in [6.45, 7) is 6.18. The van der Waals surface area contributed by atoms with Gasteiger partial charge in [-0.1, -0.05) is 37.6 Å². The summed E-state index contributed by atoms with van der Waals surface area (Å²) in [5, 5.41) is 3.57. The molecule has 2 heteroatoms. The van der Waals surface area contributed by atoms with E-state index in [1.54, 1.807) is 0 Å². The van der Waals surface area contributed by atoms with Crippen LogP contribution in [-0.4, -0.2) is 19.3 Å². The van der Waals surface area contributed by atoms with Gasteiger partial charge in [0.1, 0.15) is 0 Å². The van der Waals surface area contributed by atoms with Gasteiger partial charge in [-0.3, -0.25) is 0 Å². The predicted molar refractivity (Wildman–Crippen MR) is 71.2 cm³/mol. The Morgan fingerprint density at radius 3 is 2.53 bits per heavy atom. The quantitative estimate of drug-likeness (QED) is 0.815. The van der Waals surface area contributed by atoms with Gasteiger partial charge in [-0.15, -0.1) is 0 Å². The zero-order chi connectivity index (χ0) is 12.1. The monoisotopic (exact) mass is 233 g/mol. The van der Waals surface area contributed by atoms with Crippen LogP contribution in [0.1, 0.15) is 43.9 Å². The van der Waals surface area contributed by atoms with E-state index in [4.69, 9.17) is 4.74 Å². The Morgan fingerprint density at radius 2 is 2.00 bits per heavy atom. The average molecular weight is 233 g/mol. The van der Waals surface area contributed by atoms with E-state index in [1.807, 2.05) is 0 Å². The van der Waals surface area contributed by atoms with Gasteiger partial charge in [0.05, 0.1) is 19.3 Å². The molecule has 0 aliphatic carbocycles. The maximum atomic E-state index is 5.17. The van der Waals surface area contributed by atoms with E-state index in [1.165, 1.54) is 30.4 Å². The number of rotatable bonds is 6. The Labute approximate surface area is 104 Å². The third kappa shape index (κ3) is 3.55. The highest BCUT2D eigenvalue weighted by atomic mass is 16.5. The minimum absolute atomic E-state index is 0.420. The lowest BCUT2D eigenvalue weighted by atomic mass is 10.0. The number of ether oxygens (including phenoxy) is 1. The normalized spacial score (nSPS) is 17.8. The Balaban J connectivity index is 1.87. The topological polar surface area (TPSA) is 21.3 Å². The summed E-state index contributed by atoms with van der Waals surface area (Å²) in [5.41, 5.74) is 2.83. The second-order valence-corrected chi connectivity index (χ2v) is 4.97. The van der Waals surface area contributed by atoms with Crippen LogP contribution in [0.25, 0.3) is 0 Å². The van der Waals surface area contributed by atoms with Crippen LogP contribution in [0.4, 0.5) is 0 Å². The fourth-order valence-corrected chi connectivity index (χ4v) is 2.14. The molecule has 0 radical (unpaired) electrons.